The molecule has 0 bridgehead atoms. The van der Waals surface area contributed by atoms with Crippen LogP contribution in [0.1, 0.15) is 30.8 Å². The standard InChI is InChI=1S/C13H14N2.C2H6/c1-9-10(2)14-15-11(3)13(9)12-7-5-4-6-8-12;1-2/h4-8H,1-3H3;1-2H3. The molecule has 0 saturated heterocycles. The van der Waals surface area contributed by atoms with E-state index in [2.05, 4.69) is 29.3 Å². The molecule has 1 aromatic heterocycles. The molecule has 0 aliphatic rings. The van der Waals surface area contributed by atoms with Gasteiger partial charge in [0.2, 0.25) is 0 Å². The van der Waals surface area contributed by atoms with Crippen molar-refractivity contribution in [1.29, 1.82) is 0 Å². The lowest BCUT2D eigenvalue weighted by atomic mass is 9.99. The Kier molecular flexibility index (Phi) is 4.83. The highest BCUT2D eigenvalue weighted by molar-refractivity contribution is 5.69. The molecule has 0 N–H and O–H groups in total. The van der Waals surface area contributed by atoms with Crippen molar-refractivity contribution in [1.82, 2.24) is 10.2 Å². The summed E-state index contributed by atoms with van der Waals surface area (Å²) in [4.78, 5) is 0. The van der Waals surface area contributed by atoms with Gasteiger partial charge in [-0.1, -0.05) is 44.2 Å². The summed E-state index contributed by atoms with van der Waals surface area (Å²) in [7, 11) is 0. The third kappa shape index (κ3) is 2.90. The molecule has 0 spiro atoms. The first-order chi connectivity index (χ1) is 8.20. The van der Waals surface area contributed by atoms with Gasteiger partial charge in [-0.05, 0) is 31.9 Å². The molecule has 0 unspecified atom stereocenters. The van der Waals surface area contributed by atoms with Crippen LogP contribution in [0, 0.1) is 20.8 Å². The van der Waals surface area contributed by atoms with E-state index in [9.17, 15) is 0 Å². The molecular weight excluding hydrogens is 208 g/mol. The van der Waals surface area contributed by atoms with Crippen LogP contribution in [0.15, 0.2) is 30.3 Å². The fraction of sp³-hybridized carbons (Fsp3) is 0.333. The topological polar surface area (TPSA) is 25.8 Å². The van der Waals surface area contributed by atoms with Crippen LogP contribution in [0.3, 0.4) is 0 Å². The van der Waals surface area contributed by atoms with E-state index in [4.69, 9.17) is 0 Å². The lowest BCUT2D eigenvalue weighted by molar-refractivity contribution is 0.927. The molecule has 2 nitrogen and oxygen atoms in total. The van der Waals surface area contributed by atoms with Gasteiger partial charge in [0.15, 0.2) is 0 Å². The van der Waals surface area contributed by atoms with E-state index in [0.717, 1.165) is 11.4 Å². The highest BCUT2D eigenvalue weighted by Gasteiger charge is 2.08. The highest BCUT2D eigenvalue weighted by Crippen LogP contribution is 2.26. The minimum atomic E-state index is 0.990. The number of hydrogen-bond acceptors (Lipinski definition) is 2. The van der Waals surface area contributed by atoms with Gasteiger partial charge in [0, 0.05) is 5.56 Å². The summed E-state index contributed by atoms with van der Waals surface area (Å²) in [6.45, 7) is 10.1. The van der Waals surface area contributed by atoms with Crippen LogP contribution in [0.25, 0.3) is 11.1 Å². The minimum absolute atomic E-state index is 0.990. The first-order valence-electron chi connectivity index (χ1n) is 6.06. The zero-order valence-corrected chi connectivity index (χ0v) is 11.3. The normalized spacial score (nSPS) is 9.47. The monoisotopic (exact) mass is 228 g/mol. The molecule has 0 amide bonds. The molecule has 0 radical (unpaired) electrons. The van der Waals surface area contributed by atoms with E-state index >= 15 is 0 Å². The van der Waals surface area contributed by atoms with Crippen molar-refractivity contribution in [3.63, 3.8) is 0 Å². The third-order valence-corrected chi connectivity index (χ3v) is 2.69. The second-order valence-electron chi connectivity index (χ2n) is 3.74. The van der Waals surface area contributed by atoms with Crippen molar-refractivity contribution in [2.75, 3.05) is 0 Å². The molecule has 1 aromatic carbocycles. The lowest BCUT2D eigenvalue weighted by Gasteiger charge is -2.10. The summed E-state index contributed by atoms with van der Waals surface area (Å²) >= 11 is 0. The first-order valence-corrected chi connectivity index (χ1v) is 6.06. The van der Waals surface area contributed by atoms with Crippen LogP contribution in [0.4, 0.5) is 0 Å². The van der Waals surface area contributed by atoms with Gasteiger partial charge in [-0.3, -0.25) is 0 Å². The van der Waals surface area contributed by atoms with Gasteiger partial charge in [0.25, 0.3) is 0 Å². The average molecular weight is 228 g/mol. The molecule has 0 saturated carbocycles. The van der Waals surface area contributed by atoms with Crippen molar-refractivity contribution in [3.05, 3.63) is 47.3 Å². The van der Waals surface area contributed by atoms with E-state index in [-0.39, 0.29) is 0 Å². The summed E-state index contributed by atoms with van der Waals surface area (Å²) in [6.07, 6.45) is 0. The predicted octanol–water partition coefficient (Wildman–Crippen LogP) is 4.10. The van der Waals surface area contributed by atoms with Crippen molar-refractivity contribution in [3.8, 4) is 11.1 Å². The SMILES string of the molecule is CC.Cc1nnc(C)c(-c2ccccc2)c1C. The van der Waals surface area contributed by atoms with Gasteiger partial charge in [0.1, 0.15) is 0 Å². The Labute approximate surface area is 104 Å². The van der Waals surface area contributed by atoms with Crippen LogP contribution < -0.4 is 0 Å². The van der Waals surface area contributed by atoms with E-state index in [1.54, 1.807) is 0 Å². The second kappa shape index (κ2) is 6.14. The summed E-state index contributed by atoms with van der Waals surface area (Å²) < 4.78 is 0. The molecule has 2 heteroatoms. The van der Waals surface area contributed by atoms with Crippen molar-refractivity contribution < 1.29 is 0 Å². The number of aryl methyl sites for hydroxylation is 2. The Bertz CT molecular complexity index is 476. The van der Waals surface area contributed by atoms with Crippen LogP contribution in [0.2, 0.25) is 0 Å². The fourth-order valence-electron chi connectivity index (χ4n) is 1.76. The maximum Gasteiger partial charge on any atom is 0.0681 e. The summed E-state index contributed by atoms with van der Waals surface area (Å²) in [6, 6.07) is 10.3. The Morgan fingerprint density at radius 1 is 0.765 bits per heavy atom. The molecule has 0 aliphatic heterocycles. The lowest BCUT2D eigenvalue weighted by Crippen LogP contribution is -1.98. The molecule has 2 aromatic rings. The van der Waals surface area contributed by atoms with E-state index < -0.39 is 0 Å². The molecule has 0 atom stereocenters. The minimum Gasteiger partial charge on any atom is -0.155 e. The van der Waals surface area contributed by atoms with Gasteiger partial charge in [-0.25, -0.2) is 0 Å². The second-order valence-corrected chi connectivity index (χ2v) is 3.74. The fourth-order valence-corrected chi connectivity index (χ4v) is 1.76. The molecule has 90 valence electrons. The maximum atomic E-state index is 4.17. The zero-order valence-electron chi connectivity index (χ0n) is 11.3. The van der Waals surface area contributed by atoms with Gasteiger partial charge >= 0.3 is 0 Å². The number of aromatic nitrogens is 2. The third-order valence-electron chi connectivity index (χ3n) is 2.69. The highest BCUT2D eigenvalue weighted by atomic mass is 15.1. The summed E-state index contributed by atoms with van der Waals surface area (Å²) in [5, 5.41) is 8.28. The Morgan fingerprint density at radius 2 is 1.29 bits per heavy atom. The molecule has 0 fully saturated rings. The average Bonchev–Trinajstić information content (AvgIpc) is 2.38. The number of hydrogen-bond donors (Lipinski definition) is 0. The molecule has 17 heavy (non-hydrogen) atoms. The Morgan fingerprint density at radius 3 is 1.88 bits per heavy atom. The predicted molar refractivity (Wildman–Crippen MR) is 73.0 cm³/mol. The van der Waals surface area contributed by atoms with Crippen molar-refractivity contribution in [2.24, 2.45) is 0 Å². The van der Waals surface area contributed by atoms with Crippen molar-refractivity contribution in [2.45, 2.75) is 34.6 Å². The number of benzene rings is 1. The maximum absolute atomic E-state index is 4.17. The van der Waals surface area contributed by atoms with E-state index in [1.165, 1.54) is 16.7 Å². The number of rotatable bonds is 1. The van der Waals surface area contributed by atoms with E-state index in [0.29, 0.717) is 0 Å². The van der Waals surface area contributed by atoms with Crippen LogP contribution in [0.5, 0.6) is 0 Å². The van der Waals surface area contributed by atoms with Crippen LogP contribution in [-0.4, -0.2) is 10.2 Å². The van der Waals surface area contributed by atoms with Gasteiger partial charge in [0.05, 0.1) is 11.4 Å². The van der Waals surface area contributed by atoms with Gasteiger partial charge < -0.3 is 0 Å². The molecule has 2 rings (SSSR count). The molecular formula is C15H20N2. The Balaban J connectivity index is 0.000000686. The zero-order chi connectivity index (χ0) is 12.8. The van der Waals surface area contributed by atoms with Crippen LogP contribution >= 0.6 is 0 Å². The van der Waals surface area contributed by atoms with Crippen LogP contribution in [-0.2, 0) is 0 Å². The summed E-state index contributed by atoms with van der Waals surface area (Å²) in [5.41, 5.74) is 5.63. The van der Waals surface area contributed by atoms with Crippen molar-refractivity contribution >= 4 is 0 Å². The largest absolute Gasteiger partial charge is 0.155 e. The van der Waals surface area contributed by atoms with E-state index in [1.807, 2.05) is 45.9 Å². The summed E-state index contributed by atoms with van der Waals surface area (Å²) in [5.74, 6) is 0. The van der Waals surface area contributed by atoms with Gasteiger partial charge in [-0.15, -0.1) is 0 Å². The Hall–Kier alpha value is -1.70. The first kappa shape index (κ1) is 13.4. The smallest absolute Gasteiger partial charge is 0.0681 e. The molecule has 0 aliphatic carbocycles. The molecule has 1 heterocycles. The quantitative estimate of drug-likeness (QED) is 0.734. The van der Waals surface area contributed by atoms with Gasteiger partial charge in [-0.2, -0.15) is 10.2 Å². The number of nitrogens with zero attached hydrogens (tertiary/aromatic N) is 2.